The normalized spacial score (nSPS) is 20.5. The third-order valence-electron chi connectivity index (χ3n) is 6.46. The van der Waals surface area contributed by atoms with Crippen LogP contribution in [0.25, 0.3) is 0 Å². The summed E-state index contributed by atoms with van der Waals surface area (Å²) >= 11 is 6.37. The van der Waals surface area contributed by atoms with Gasteiger partial charge in [0.25, 0.3) is 5.91 Å². The number of Topliss-reactive ketones (excluding diaryl/α,β-unsaturated/α-hetero) is 1. The average molecular weight is 457 g/mol. The topological polar surface area (TPSA) is 78.0 Å². The molecule has 2 fully saturated rings. The fraction of sp³-hybridized carbons (Fsp3) is 0.458. The minimum atomic E-state index is -0.542. The Balaban J connectivity index is 1.23. The van der Waals surface area contributed by atoms with Crippen molar-refractivity contribution in [3.63, 3.8) is 0 Å². The van der Waals surface area contributed by atoms with Crippen LogP contribution in [0.1, 0.15) is 52.8 Å². The molecule has 0 bridgehead atoms. The molecule has 0 atom stereocenters. The van der Waals surface area contributed by atoms with E-state index in [0.29, 0.717) is 73.3 Å². The number of nitrogens with zero attached hydrogens (tertiary/aromatic N) is 2. The maximum absolute atomic E-state index is 13.0. The van der Waals surface area contributed by atoms with Crippen molar-refractivity contribution >= 4 is 23.3 Å². The van der Waals surface area contributed by atoms with Crippen molar-refractivity contribution in [2.45, 2.75) is 43.8 Å². The molecule has 0 aliphatic carbocycles. The Morgan fingerprint density at radius 3 is 2.69 bits per heavy atom. The molecular weight excluding hydrogens is 432 g/mol. The van der Waals surface area contributed by atoms with Gasteiger partial charge in [-0.2, -0.15) is 0 Å². The van der Waals surface area contributed by atoms with E-state index in [-0.39, 0.29) is 17.8 Å². The number of benzene rings is 1. The van der Waals surface area contributed by atoms with Crippen LogP contribution in [0.4, 0.5) is 0 Å². The Bertz CT molecular complexity index is 1030. The summed E-state index contributed by atoms with van der Waals surface area (Å²) in [5.41, 5.74) is 0.524. The third kappa shape index (κ3) is 4.19. The third-order valence-corrected chi connectivity index (χ3v) is 6.73. The molecule has 0 N–H and O–H groups in total. The van der Waals surface area contributed by atoms with Gasteiger partial charge >= 0.3 is 0 Å². The number of carbonyl (C=O) groups excluding carboxylic acids is 2. The van der Waals surface area contributed by atoms with E-state index in [0.717, 1.165) is 12.8 Å². The number of rotatable bonds is 3. The van der Waals surface area contributed by atoms with E-state index in [1.165, 1.54) is 6.20 Å². The number of carbonyl (C=O) groups is 2. The number of piperidine rings is 1. The zero-order valence-electron chi connectivity index (χ0n) is 17.7. The predicted molar refractivity (Wildman–Crippen MR) is 118 cm³/mol. The number of halogens is 1. The lowest BCUT2D eigenvalue weighted by molar-refractivity contribution is -0.00571. The van der Waals surface area contributed by atoms with Crippen molar-refractivity contribution in [2.75, 3.05) is 26.3 Å². The Kier molecular flexibility index (Phi) is 5.78. The van der Waals surface area contributed by atoms with Gasteiger partial charge in [-0.05, 0) is 18.2 Å². The first-order valence-electron chi connectivity index (χ1n) is 11.0. The lowest BCUT2D eigenvalue weighted by atomic mass is 9.82. The van der Waals surface area contributed by atoms with Gasteiger partial charge in [0.05, 0.1) is 30.8 Å². The van der Waals surface area contributed by atoms with Crippen molar-refractivity contribution < 1.29 is 23.8 Å². The second-order valence-corrected chi connectivity index (χ2v) is 9.02. The highest BCUT2D eigenvalue weighted by molar-refractivity contribution is 6.32. The summed E-state index contributed by atoms with van der Waals surface area (Å²) in [7, 11) is 0. The number of ketones is 1. The lowest BCUT2D eigenvalue weighted by Gasteiger charge is -2.43. The molecule has 32 heavy (non-hydrogen) atoms. The number of ether oxygens (including phenoxy) is 3. The van der Waals surface area contributed by atoms with Crippen LogP contribution in [0.2, 0.25) is 5.02 Å². The fourth-order valence-corrected chi connectivity index (χ4v) is 4.81. The smallest absolute Gasteiger partial charge is 0.255 e. The van der Waals surface area contributed by atoms with E-state index in [4.69, 9.17) is 25.8 Å². The van der Waals surface area contributed by atoms with Crippen molar-refractivity contribution in [1.82, 2.24) is 9.88 Å². The zero-order valence-corrected chi connectivity index (χ0v) is 18.5. The SMILES string of the molecule is O=C1CC2(CCN(C(=O)c3cnc(OC4CCOCC4)c(Cl)c3)CC2)Oc2ccccc21. The van der Waals surface area contributed by atoms with Gasteiger partial charge in [0.1, 0.15) is 22.5 Å². The Morgan fingerprint density at radius 2 is 1.94 bits per heavy atom. The number of para-hydroxylation sites is 1. The summed E-state index contributed by atoms with van der Waals surface area (Å²) in [5.74, 6) is 0.956. The minimum absolute atomic E-state index is 0.0249. The zero-order chi connectivity index (χ0) is 22.1. The molecule has 0 saturated carbocycles. The number of hydrogen-bond donors (Lipinski definition) is 0. The molecule has 2 aromatic rings. The average Bonchev–Trinajstić information content (AvgIpc) is 2.81. The lowest BCUT2D eigenvalue weighted by Crippen LogP contribution is -2.52. The number of fused-ring (bicyclic) bond motifs is 1. The molecule has 1 aromatic carbocycles. The molecule has 3 aliphatic rings. The van der Waals surface area contributed by atoms with Crippen LogP contribution in [0, 0.1) is 0 Å². The highest BCUT2D eigenvalue weighted by atomic mass is 35.5. The molecule has 1 spiro atoms. The molecule has 0 unspecified atom stereocenters. The van der Waals surface area contributed by atoms with Crippen molar-refractivity contribution in [3.05, 3.63) is 52.7 Å². The molecule has 5 rings (SSSR count). The summed E-state index contributed by atoms with van der Waals surface area (Å²) in [6.45, 7) is 2.34. The first-order chi connectivity index (χ1) is 15.5. The van der Waals surface area contributed by atoms with Gasteiger partial charge < -0.3 is 19.1 Å². The van der Waals surface area contributed by atoms with Gasteiger partial charge in [0, 0.05) is 45.0 Å². The van der Waals surface area contributed by atoms with E-state index in [1.54, 1.807) is 17.0 Å². The van der Waals surface area contributed by atoms with E-state index >= 15 is 0 Å². The summed E-state index contributed by atoms with van der Waals surface area (Å²) in [6.07, 6.45) is 4.68. The van der Waals surface area contributed by atoms with Crippen molar-refractivity contribution in [2.24, 2.45) is 0 Å². The number of hydrogen-bond acceptors (Lipinski definition) is 6. The van der Waals surface area contributed by atoms with Gasteiger partial charge in [-0.25, -0.2) is 4.98 Å². The highest BCUT2D eigenvalue weighted by Crippen LogP contribution is 2.39. The molecule has 3 aliphatic heterocycles. The largest absolute Gasteiger partial charge is 0.486 e. The number of amides is 1. The van der Waals surface area contributed by atoms with Crippen LogP contribution < -0.4 is 9.47 Å². The molecular formula is C24H25ClN2O5. The van der Waals surface area contributed by atoms with Gasteiger partial charge in [-0.15, -0.1) is 0 Å². The van der Waals surface area contributed by atoms with Crippen LogP contribution in [0.15, 0.2) is 36.5 Å². The molecule has 1 aromatic heterocycles. The van der Waals surface area contributed by atoms with Gasteiger partial charge in [-0.3, -0.25) is 9.59 Å². The number of likely N-dealkylation sites (tertiary alicyclic amines) is 1. The van der Waals surface area contributed by atoms with Crippen molar-refractivity contribution in [3.8, 4) is 11.6 Å². The highest BCUT2D eigenvalue weighted by Gasteiger charge is 2.43. The fourth-order valence-electron chi connectivity index (χ4n) is 4.60. The minimum Gasteiger partial charge on any atom is -0.486 e. The summed E-state index contributed by atoms with van der Waals surface area (Å²) < 4.78 is 17.5. The monoisotopic (exact) mass is 456 g/mol. The van der Waals surface area contributed by atoms with Crippen LogP contribution in [0.3, 0.4) is 0 Å². The van der Waals surface area contributed by atoms with E-state index in [9.17, 15) is 9.59 Å². The molecule has 4 heterocycles. The summed E-state index contributed by atoms with van der Waals surface area (Å²) in [5, 5.41) is 0.327. The van der Waals surface area contributed by atoms with E-state index < -0.39 is 5.60 Å². The standard InChI is InChI=1S/C24H25ClN2O5/c25-19-13-16(15-26-22(19)31-17-5-11-30-12-6-17)23(29)27-9-7-24(8-10-27)14-20(28)18-3-1-2-4-21(18)32-24/h1-4,13,15,17H,5-12,14H2. The van der Waals surface area contributed by atoms with Crippen LogP contribution >= 0.6 is 11.6 Å². The second kappa shape index (κ2) is 8.71. The molecule has 0 radical (unpaired) electrons. The Labute approximate surface area is 191 Å². The Morgan fingerprint density at radius 1 is 1.19 bits per heavy atom. The van der Waals surface area contributed by atoms with Gasteiger partial charge in [0.2, 0.25) is 5.88 Å². The molecule has 8 heteroatoms. The first kappa shape index (κ1) is 21.2. The predicted octanol–water partition coefficient (Wildman–Crippen LogP) is 3.93. The van der Waals surface area contributed by atoms with Crippen LogP contribution in [-0.2, 0) is 4.74 Å². The van der Waals surface area contributed by atoms with E-state index in [2.05, 4.69) is 4.98 Å². The van der Waals surface area contributed by atoms with Gasteiger partial charge in [0.15, 0.2) is 5.78 Å². The summed E-state index contributed by atoms with van der Waals surface area (Å²) in [6, 6.07) is 8.97. The maximum Gasteiger partial charge on any atom is 0.255 e. The quantitative estimate of drug-likeness (QED) is 0.696. The molecule has 1 amide bonds. The van der Waals surface area contributed by atoms with Crippen LogP contribution in [0.5, 0.6) is 11.6 Å². The summed E-state index contributed by atoms with van der Waals surface area (Å²) in [4.78, 5) is 31.7. The number of aromatic nitrogens is 1. The molecule has 168 valence electrons. The molecule has 2 saturated heterocycles. The van der Waals surface area contributed by atoms with E-state index in [1.807, 2.05) is 18.2 Å². The number of pyridine rings is 1. The van der Waals surface area contributed by atoms with Crippen LogP contribution in [-0.4, -0.2) is 59.6 Å². The Hall–Kier alpha value is -2.64. The maximum atomic E-state index is 13.0. The second-order valence-electron chi connectivity index (χ2n) is 8.61. The molecule has 7 nitrogen and oxygen atoms in total. The first-order valence-corrected chi connectivity index (χ1v) is 11.4. The van der Waals surface area contributed by atoms with Gasteiger partial charge in [-0.1, -0.05) is 23.7 Å². The van der Waals surface area contributed by atoms with Crippen molar-refractivity contribution in [1.29, 1.82) is 0 Å².